The van der Waals surface area contributed by atoms with Gasteiger partial charge in [-0.15, -0.1) is 12.4 Å². The molecule has 0 aliphatic rings. The van der Waals surface area contributed by atoms with Crippen molar-refractivity contribution in [2.24, 2.45) is 0 Å². The van der Waals surface area contributed by atoms with E-state index in [1.165, 1.54) is 0 Å². The summed E-state index contributed by atoms with van der Waals surface area (Å²) < 4.78 is 0. The molecular weight excluding hydrogens is 266 g/mol. The van der Waals surface area contributed by atoms with E-state index in [4.69, 9.17) is 25.5 Å². The summed E-state index contributed by atoms with van der Waals surface area (Å²) in [5.74, 6) is 0. The van der Waals surface area contributed by atoms with Crippen molar-refractivity contribution in [2.75, 3.05) is 6.61 Å². The number of aliphatic hydroxyl groups is 5. The van der Waals surface area contributed by atoms with Crippen molar-refractivity contribution >= 4 is 32.9 Å². The zero-order chi connectivity index (χ0) is 9.72. The third kappa shape index (κ3) is 5.05. The predicted molar refractivity (Wildman–Crippen MR) is 50.2 cm³/mol. The molecule has 7 heteroatoms. The van der Waals surface area contributed by atoms with Crippen molar-refractivity contribution < 1.29 is 25.5 Å². The van der Waals surface area contributed by atoms with Gasteiger partial charge in [0.1, 0.15) is 0 Å². The van der Waals surface area contributed by atoms with Crippen LogP contribution < -0.4 is 0 Å². The van der Waals surface area contributed by atoms with Crippen molar-refractivity contribution in [3.63, 3.8) is 0 Å². The maximum atomic E-state index is 9.07. The molecule has 4 atom stereocenters. The summed E-state index contributed by atoms with van der Waals surface area (Å²) >= 11 is 2.34. The summed E-state index contributed by atoms with van der Waals surface area (Å²) in [6.07, 6.45) is -5.78. The van der Waals surface area contributed by atoms with Gasteiger partial charge in [0.2, 0.25) is 0 Å². The Bertz CT molecular complexity index is 147. The quantitative estimate of drug-likeness (QED) is 0.342. The predicted octanol–water partition coefficient (Wildman–Crippen LogP) is -3.19. The van der Waals surface area contributed by atoms with Gasteiger partial charge in [0.05, 0.1) is 0 Å². The normalized spacial score (nSPS) is 19.5. The molecule has 0 aliphatic heterocycles. The molecule has 0 aromatic heterocycles. The fraction of sp³-hybridized carbons (Fsp3) is 0.833. The second-order valence-corrected chi connectivity index (χ2v) is 2.93. The van der Waals surface area contributed by atoms with E-state index in [9.17, 15) is 0 Å². The average molecular weight is 280 g/mol. The van der Waals surface area contributed by atoms with E-state index in [0.717, 1.165) is 4.92 Å². The molecule has 0 rings (SSSR count). The molecular formula is C6H13ClO5Se. The van der Waals surface area contributed by atoms with Gasteiger partial charge >= 0.3 is 77.1 Å². The first kappa shape index (κ1) is 15.9. The maximum absolute atomic E-state index is 9.07. The Balaban J connectivity index is 0. The van der Waals surface area contributed by atoms with Crippen LogP contribution in [0.25, 0.3) is 0 Å². The van der Waals surface area contributed by atoms with E-state index in [1.807, 2.05) is 0 Å². The van der Waals surface area contributed by atoms with E-state index in [-0.39, 0.29) is 12.4 Å². The Labute approximate surface area is 89.8 Å². The third-order valence-corrected chi connectivity index (χ3v) is 2.01. The van der Waals surface area contributed by atoms with E-state index in [0.29, 0.717) is 0 Å². The van der Waals surface area contributed by atoms with Gasteiger partial charge in [0.15, 0.2) is 0 Å². The first-order valence-corrected chi connectivity index (χ1v) is 4.32. The van der Waals surface area contributed by atoms with Crippen LogP contribution in [0, 0.1) is 0 Å². The Morgan fingerprint density at radius 2 is 1.54 bits per heavy atom. The summed E-state index contributed by atoms with van der Waals surface area (Å²) in [5, 5.41) is 44.3. The number of hydrogen-bond acceptors (Lipinski definition) is 5. The van der Waals surface area contributed by atoms with Crippen molar-refractivity contribution in [3.05, 3.63) is 0 Å². The fourth-order valence-corrected chi connectivity index (χ4v) is 0.956. The van der Waals surface area contributed by atoms with Crippen LogP contribution in [0.4, 0.5) is 0 Å². The molecule has 0 radical (unpaired) electrons. The Morgan fingerprint density at radius 1 is 1.08 bits per heavy atom. The second kappa shape index (κ2) is 7.84. The molecule has 0 fully saturated rings. The molecule has 0 saturated carbocycles. The molecule has 80 valence electrons. The van der Waals surface area contributed by atoms with Gasteiger partial charge < -0.3 is 0 Å². The summed E-state index contributed by atoms with van der Waals surface area (Å²) in [7, 11) is 0. The summed E-state index contributed by atoms with van der Waals surface area (Å²) in [6, 6.07) is 0. The standard InChI is InChI=1S/C6H12O5Se.ClH/c7-1-3(8)5(10)6(11)4(9)2-12;/h2-11H,1H2;1H. The zero-order valence-electron chi connectivity index (χ0n) is 6.65. The molecule has 0 bridgehead atoms. The van der Waals surface area contributed by atoms with Crippen LogP contribution in [0.3, 0.4) is 0 Å². The molecule has 0 aliphatic carbocycles. The summed E-state index contributed by atoms with van der Waals surface area (Å²) in [5.41, 5.74) is 0. The van der Waals surface area contributed by atoms with Crippen LogP contribution in [-0.2, 0) is 0 Å². The molecule has 0 aromatic rings. The SMILES string of the molecule is Cl.OCC(O)C(O)C(O)C(O)C=[Se]. The third-order valence-electron chi connectivity index (χ3n) is 1.42. The van der Waals surface area contributed by atoms with Crippen LogP contribution in [0.15, 0.2) is 0 Å². The topological polar surface area (TPSA) is 101 Å². The molecule has 0 aromatic carbocycles. The molecule has 5 N–H and O–H groups in total. The first-order chi connectivity index (χ1) is 5.54. The van der Waals surface area contributed by atoms with Gasteiger partial charge in [0.25, 0.3) is 0 Å². The van der Waals surface area contributed by atoms with Gasteiger partial charge in [-0.3, -0.25) is 0 Å². The monoisotopic (exact) mass is 280 g/mol. The van der Waals surface area contributed by atoms with Gasteiger partial charge in [-0.25, -0.2) is 0 Å². The van der Waals surface area contributed by atoms with Crippen molar-refractivity contribution in [2.45, 2.75) is 24.4 Å². The number of rotatable bonds is 5. The van der Waals surface area contributed by atoms with Gasteiger partial charge in [0, 0.05) is 0 Å². The number of halogens is 1. The Hall–Kier alpha value is 0.479. The summed E-state index contributed by atoms with van der Waals surface area (Å²) in [4.78, 5) is 1.15. The van der Waals surface area contributed by atoms with Crippen molar-refractivity contribution in [1.29, 1.82) is 0 Å². The number of aliphatic hydroxyl groups excluding tert-OH is 5. The van der Waals surface area contributed by atoms with Crippen molar-refractivity contribution in [3.8, 4) is 0 Å². The first-order valence-electron chi connectivity index (χ1n) is 3.33. The van der Waals surface area contributed by atoms with E-state index in [2.05, 4.69) is 15.6 Å². The zero-order valence-corrected chi connectivity index (χ0v) is 9.18. The van der Waals surface area contributed by atoms with Gasteiger partial charge in [-0.2, -0.15) is 0 Å². The van der Waals surface area contributed by atoms with Crippen LogP contribution >= 0.6 is 12.4 Å². The minimum atomic E-state index is -1.56. The molecule has 0 saturated heterocycles. The van der Waals surface area contributed by atoms with E-state index >= 15 is 0 Å². The van der Waals surface area contributed by atoms with Crippen molar-refractivity contribution in [1.82, 2.24) is 0 Å². The van der Waals surface area contributed by atoms with Crippen LogP contribution in [0.1, 0.15) is 0 Å². The van der Waals surface area contributed by atoms with Gasteiger partial charge in [-0.05, 0) is 0 Å². The Morgan fingerprint density at radius 3 is 1.85 bits per heavy atom. The fourth-order valence-electron chi connectivity index (χ4n) is 0.618. The van der Waals surface area contributed by atoms with Gasteiger partial charge in [-0.1, -0.05) is 0 Å². The summed E-state index contributed by atoms with van der Waals surface area (Å²) in [6.45, 7) is -0.668. The van der Waals surface area contributed by atoms with Crippen LogP contribution in [0.5, 0.6) is 0 Å². The van der Waals surface area contributed by atoms with Crippen LogP contribution in [0.2, 0.25) is 0 Å². The molecule has 0 spiro atoms. The average Bonchev–Trinajstić information content (AvgIpc) is 2.12. The minimum absolute atomic E-state index is 0. The molecule has 0 amide bonds. The molecule has 13 heavy (non-hydrogen) atoms. The number of hydrogen-bond donors (Lipinski definition) is 5. The van der Waals surface area contributed by atoms with Crippen LogP contribution in [-0.4, -0.2) is 77.1 Å². The molecule has 0 heterocycles. The second-order valence-electron chi connectivity index (χ2n) is 2.36. The van der Waals surface area contributed by atoms with E-state index in [1.54, 1.807) is 0 Å². The Kier molecular flexibility index (Phi) is 9.61. The molecule has 5 nitrogen and oxygen atoms in total. The van der Waals surface area contributed by atoms with E-state index < -0.39 is 31.0 Å². The molecule has 4 unspecified atom stereocenters.